The van der Waals surface area contributed by atoms with E-state index in [0.717, 1.165) is 24.1 Å². The maximum atomic E-state index is 12.2. The molecular weight excluding hydrogens is 422 g/mol. The second-order valence-electron chi connectivity index (χ2n) is 9.21. The number of methoxy groups -OCH3 is 1. The predicted octanol–water partition coefficient (Wildman–Crippen LogP) is 6.09. The maximum Gasteiger partial charge on any atom is 0.223 e. The molecule has 3 unspecified atom stereocenters. The first-order valence-corrected chi connectivity index (χ1v) is 12.4. The van der Waals surface area contributed by atoms with Gasteiger partial charge in [0.25, 0.3) is 0 Å². The standard InChI is InChI=1S/C14H25NO.C4H6N2S.C2H6O.2C2H6.CH2O/c1-9-12-10(14(12,5)6)8-15(9)11(16)7-13(2,3)4;1-3-2-7-4(5)6-3;1-3-2;3*1-2/h9-10,12H,7-8H2,1-6H3;2H,1H3,(H2,5,6);1-2H3;2*1-2H3;1H2. The monoisotopic (exact) mass is 473 g/mol. The van der Waals surface area contributed by atoms with Gasteiger partial charge in [0.2, 0.25) is 5.91 Å². The van der Waals surface area contributed by atoms with Gasteiger partial charge in [-0.3, -0.25) is 4.79 Å². The minimum absolute atomic E-state index is 0.110. The van der Waals surface area contributed by atoms with Crippen LogP contribution in [0.3, 0.4) is 0 Å². The molecule has 1 amide bonds. The molecule has 2 fully saturated rings. The van der Waals surface area contributed by atoms with Crippen LogP contribution in [0.5, 0.6) is 0 Å². The van der Waals surface area contributed by atoms with Crippen molar-refractivity contribution in [3.05, 3.63) is 11.1 Å². The zero-order chi connectivity index (χ0) is 26.3. The second kappa shape index (κ2) is 17.1. The minimum Gasteiger partial charge on any atom is -0.388 e. The SMILES string of the molecule is C=O.CC.CC.CC1C2C(CN1C(=O)CC(C)(C)C)C2(C)C.COC.Cc1csc(N)n1. The number of rotatable bonds is 1. The van der Waals surface area contributed by atoms with Gasteiger partial charge in [-0.05, 0) is 36.5 Å². The van der Waals surface area contributed by atoms with Crippen molar-refractivity contribution in [1.29, 1.82) is 0 Å². The predicted molar refractivity (Wildman–Crippen MR) is 140 cm³/mol. The first kappa shape index (κ1) is 35.1. The molecule has 0 bridgehead atoms. The van der Waals surface area contributed by atoms with Crippen LogP contribution in [0.4, 0.5) is 5.13 Å². The van der Waals surface area contributed by atoms with E-state index in [0.29, 0.717) is 28.9 Å². The summed E-state index contributed by atoms with van der Waals surface area (Å²) in [7, 11) is 3.25. The van der Waals surface area contributed by atoms with E-state index in [-0.39, 0.29) is 5.41 Å². The number of fused-ring (bicyclic) bond motifs is 1. The molecule has 1 aromatic heterocycles. The van der Waals surface area contributed by atoms with Crippen LogP contribution in [-0.4, -0.2) is 49.4 Å². The van der Waals surface area contributed by atoms with Gasteiger partial charge in [-0.25, -0.2) is 4.98 Å². The first-order valence-electron chi connectivity index (χ1n) is 11.5. The van der Waals surface area contributed by atoms with E-state index in [1.54, 1.807) is 14.2 Å². The number of piperidine rings is 1. The number of carbonyl (C=O) groups excluding carboxylic acids is 2. The number of thiazole rings is 1. The molecule has 3 rings (SSSR count). The molecule has 0 radical (unpaired) electrons. The molecule has 0 aromatic carbocycles. The Balaban J connectivity index is -0.000000438. The number of anilines is 1. The summed E-state index contributed by atoms with van der Waals surface area (Å²) in [5.41, 5.74) is 6.88. The Bertz CT molecular complexity index is 595. The molecule has 190 valence electrons. The van der Waals surface area contributed by atoms with Gasteiger partial charge in [0.15, 0.2) is 5.13 Å². The van der Waals surface area contributed by atoms with Crippen LogP contribution in [0.15, 0.2) is 5.38 Å². The Morgan fingerprint density at radius 1 is 1.25 bits per heavy atom. The molecule has 1 saturated heterocycles. The van der Waals surface area contributed by atoms with E-state index >= 15 is 0 Å². The highest BCUT2D eigenvalue weighted by molar-refractivity contribution is 7.13. The number of ether oxygens (including phenoxy) is 1. The zero-order valence-corrected chi connectivity index (χ0v) is 23.9. The molecule has 3 atom stereocenters. The molecular formula is C25H51N3O3S. The van der Waals surface area contributed by atoms with Crippen molar-refractivity contribution in [2.45, 2.75) is 88.6 Å². The Hall–Kier alpha value is -1.47. The van der Waals surface area contributed by atoms with Gasteiger partial charge in [0.1, 0.15) is 6.79 Å². The van der Waals surface area contributed by atoms with Gasteiger partial charge in [-0.1, -0.05) is 62.3 Å². The first-order chi connectivity index (χ1) is 14.8. The van der Waals surface area contributed by atoms with Crippen LogP contribution in [0.25, 0.3) is 0 Å². The van der Waals surface area contributed by atoms with E-state index in [1.165, 1.54) is 11.3 Å². The van der Waals surface area contributed by atoms with Crippen molar-refractivity contribution in [3.63, 3.8) is 0 Å². The summed E-state index contributed by atoms with van der Waals surface area (Å²) < 4.78 is 4.25. The third-order valence-electron chi connectivity index (χ3n) is 5.18. The molecule has 1 aliphatic carbocycles. The fourth-order valence-electron chi connectivity index (χ4n) is 3.92. The third-order valence-corrected chi connectivity index (χ3v) is 5.97. The van der Waals surface area contributed by atoms with Crippen molar-refractivity contribution in [1.82, 2.24) is 9.88 Å². The highest BCUT2D eigenvalue weighted by atomic mass is 32.1. The smallest absolute Gasteiger partial charge is 0.223 e. The highest BCUT2D eigenvalue weighted by Crippen LogP contribution is 2.64. The summed E-state index contributed by atoms with van der Waals surface area (Å²) in [5, 5.41) is 2.58. The number of nitrogens with zero attached hydrogens (tertiary/aromatic N) is 2. The Morgan fingerprint density at radius 3 is 1.91 bits per heavy atom. The van der Waals surface area contributed by atoms with Crippen molar-refractivity contribution in [2.24, 2.45) is 22.7 Å². The van der Waals surface area contributed by atoms with Crippen molar-refractivity contribution in [3.8, 4) is 0 Å². The molecule has 6 nitrogen and oxygen atoms in total. The van der Waals surface area contributed by atoms with Gasteiger partial charge < -0.3 is 20.2 Å². The Morgan fingerprint density at radius 2 is 1.69 bits per heavy atom. The quantitative estimate of drug-likeness (QED) is 0.533. The van der Waals surface area contributed by atoms with Gasteiger partial charge in [-0.15, -0.1) is 11.3 Å². The molecule has 1 aliphatic heterocycles. The second-order valence-corrected chi connectivity index (χ2v) is 10.1. The summed E-state index contributed by atoms with van der Waals surface area (Å²) in [6.45, 7) is 26.2. The molecule has 1 saturated carbocycles. The number of aryl methyl sites for hydroxylation is 1. The lowest BCUT2D eigenvalue weighted by molar-refractivity contribution is -0.134. The zero-order valence-electron chi connectivity index (χ0n) is 23.0. The van der Waals surface area contributed by atoms with Gasteiger partial charge in [0.05, 0.1) is 5.69 Å². The fraction of sp³-hybridized carbons (Fsp3) is 0.800. The number of amides is 1. The number of nitrogen functional groups attached to an aromatic ring is 1. The number of likely N-dealkylation sites (tertiary alicyclic amines) is 1. The number of hydrogen-bond acceptors (Lipinski definition) is 6. The van der Waals surface area contributed by atoms with Crippen molar-refractivity contribution < 1.29 is 14.3 Å². The van der Waals surface area contributed by atoms with Crippen molar-refractivity contribution >= 4 is 29.2 Å². The van der Waals surface area contributed by atoms with E-state index in [1.807, 2.05) is 46.8 Å². The van der Waals surface area contributed by atoms with E-state index in [2.05, 4.69) is 56.2 Å². The van der Waals surface area contributed by atoms with Crippen LogP contribution in [0.1, 0.15) is 81.4 Å². The van der Waals surface area contributed by atoms with Crippen LogP contribution in [0, 0.1) is 29.6 Å². The molecule has 32 heavy (non-hydrogen) atoms. The number of hydrogen-bond donors (Lipinski definition) is 1. The van der Waals surface area contributed by atoms with E-state index in [4.69, 9.17) is 10.5 Å². The molecule has 2 aliphatic rings. The number of aromatic nitrogens is 1. The van der Waals surface area contributed by atoms with Crippen LogP contribution < -0.4 is 5.73 Å². The van der Waals surface area contributed by atoms with E-state index in [9.17, 15) is 4.79 Å². The summed E-state index contributed by atoms with van der Waals surface area (Å²) in [6, 6.07) is 0.454. The lowest BCUT2D eigenvalue weighted by Crippen LogP contribution is -2.40. The summed E-state index contributed by atoms with van der Waals surface area (Å²) in [5.74, 6) is 1.85. The summed E-state index contributed by atoms with van der Waals surface area (Å²) >= 11 is 1.47. The Kier molecular flexibility index (Phi) is 18.7. The number of nitrogens with two attached hydrogens (primary N) is 1. The van der Waals surface area contributed by atoms with Gasteiger partial charge >= 0.3 is 0 Å². The average molecular weight is 474 g/mol. The highest BCUT2D eigenvalue weighted by Gasteiger charge is 2.66. The van der Waals surface area contributed by atoms with Crippen LogP contribution in [0.2, 0.25) is 0 Å². The Labute approximate surface area is 202 Å². The maximum absolute atomic E-state index is 12.2. The van der Waals surface area contributed by atoms with Gasteiger partial charge in [-0.2, -0.15) is 0 Å². The molecule has 7 heteroatoms. The number of carbonyl (C=O) groups is 2. The normalized spacial score (nSPS) is 21.2. The topological polar surface area (TPSA) is 85.5 Å². The van der Waals surface area contributed by atoms with Crippen molar-refractivity contribution in [2.75, 3.05) is 26.5 Å². The lowest BCUT2D eigenvalue weighted by atomic mass is 9.91. The largest absolute Gasteiger partial charge is 0.388 e. The van der Waals surface area contributed by atoms with Crippen LogP contribution in [-0.2, 0) is 14.3 Å². The van der Waals surface area contributed by atoms with Gasteiger partial charge in [0, 0.05) is 38.6 Å². The van der Waals surface area contributed by atoms with E-state index < -0.39 is 0 Å². The molecule has 2 heterocycles. The molecule has 1 aromatic rings. The summed E-state index contributed by atoms with van der Waals surface area (Å²) in [4.78, 5) is 26.2. The molecule has 2 N–H and O–H groups in total. The lowest BCUT2D eigenvalue weighted by Gasteiger charge is -2.30. The fourth-order valence-corrected chi connectivity index (χ4v) is 4.46. The third kappa shape index (κ3) is 12.0. The molecule has 0 spiro atoms. The summed E-state index contributed by atoms with van der Waals surface area (Å²) in [6.07, 6.45) is 0.678. The van der Waals surface area contributed by atoms with Crippen LogP contribution >= 0.6 is 11.3 Å². The average Bonchev–Trinajstić information content (AvgIpc) is 3.00. The minimum atomic E-state index is 0.110.